The molecule has 2 aromatic carbocycles. The summed E-state index contributed by atoms with van der Waals surface area (Å²) in [6.45, 7) is -0.374. The maximum atomic E-state index is 13.5. The number of sulfonamides is 1. The highest BCUT2D eigenvalue weighted by Crippen LogP contribution is 2.33. The zero-order chi connectivity index (χ0) is 29.4. The fraction of sp³-hybridized carbons (Fsp3) is 0.500. The lowest BCUT2D eigenvalue weighted by Crippen LogP contribution is -2.41. The fourth-order valence-electron chi connectivity index (χ4n) is 5.31. The normalized spacial score (nSPS) is 19.9. The number of allylic oxidation sites excluding steroid dienone is 1. The van der Waals surface area contributed by atoms with Crippen molar-refractivity contribution in [3.63, 3.8) is 0 Å². The summed E-state index contributed by atoms with van der Waals surface area (Å²) in [5, 5.41) is 9.57. The van der Waals surface area contributed by atoms with E-state index in [1.165, 1.54) is 30.0 Å². The number of carbonyl (C=O) groups is 1. The molecular weight excluding hydrogens is 659 g/mol. The van der Waals surface area contributed by atoms with E-state index in [1.54, 1.807) is 17.0 Å². The molecule has 1 N–H and O–H groups in total. The van der Waals surface area contributed by atoms with Crippen LogP contribution in [0.1, 0.15) is 50.0 Å². The van der Waals surface area contributed by atoms with Gasteiger partial charge in [-0.05, 0) is 83.5 Å². The number of likely N-dealkylation sites (N-methyl/N-ethyl adjacent to an activating group) is 1. The summed E-state index contributed by atoms with van der Waals surface area (Å²) in [5.74, 6) is 0.548. The van der Waals surface area contributed by atoms with Crippen LogP contribution >= 0.6 is 22.6 Å². The van der Waals surface area contributed by atoms with E-state index in [0.717, 1.165) is 34.8 Å². The van der Waals surface area contributed by atoms with Crippen molar-refractivity contribution >= 4 is 38.5 Å². The van der Waals surface area contributed by atoms with Gasteiger partial charge in [0.2, 0.25) is 16.3 Å². The molecule has 9 nitrogen and oxygen atoms in total. The number of rotatable bonds is 12. The highest BCUT2D eigenvalue weighted by molar-refractivity contribution is 14.1. The molecule has 1 saturated carbocycles. The van der Waals surface area contributed by atoms with Gasteiger partial charge in [-0.15, -0.1) is 0 Å². The molecule has 0 bridgehead atoms. The molecule has 1 fully saturated rings. The average Bonchev–Trinajstić information content (AvgIpc) is 3.00. The minimum absolute atomic E-state index is 0.0119. The molecule has 0 spiro atoms. The molecular formula is C30H39IN2O7S. The summed E-state index contributed by atoms with van der Waals surface area (Å²) in [6.07, 6.45) is 7.03. The zero-order valence-electron chi connectivity index (χ0n) is 23.6. The lowest BCUT2D eigenvalue weighted by atomic mass is 9.92. The van der Waals surface area contributed by atoms with Crippen molar-refractivity contribution in [2.75, 3.05) is 40.5 Å². The van der Waals surface area contributed by atoms with Crippen LogP contribution in [0, 0.1) is 3.57 Å². The third kappa shape index (κ3) is 8.22. The van der Waals surface area contributed by atoms with Gasteiger partial charge in [0.05, 0.1) is 25.2 Å². The third-order valence-corrected chi connectivity index (χ3v) is 10.3. The van der Waals surface area contributed by atoms with Gasteiger partial charge in [0.1, 0.15) is 5.75 Å². The van der Waals surface area contributed by atoms with E-state index in [0.29, 0.717) is 12.2 Å². The van der Waals surface area contributed by atoms with Gasteiger partial charge in [-0.1, -0.05) is 31.4 Å². The Bertz CT molecular complexity index is 1280. The van der Waals surface area contributed by atoms with Crippen LogP contribution in [0.2, 0.25) is 0 Å². The van der Waals surface area contributed by atoms with Crippen molar-refractivity contribution < 1.29 is 32.5 Å². The van der Waals surface area contributed by atoms with Crippen LogP contribution in [0.3, 0.4) is 0 Å². The Morgan fingerprint density at radius 3 is 2.37 bits per heavy atom. The summed E-state index contributed by atoms with van der Waals surface area (Å²) >= 11 is 2.26. The van der Waals surface area contributed by atoms with Gasteiger partial charge in [-0.3, -0.25) is 4.79 Å². The van der Waals surface area contributed by atoms with E-state index in [4.69, 9.17) is 14.2 Å². The number of aliphatic hydroxyl groups excluding tert-OH is 1. The summed E-state index contributed by atoms with van der Waals surface area (Å²) in [4.78, 5) is 15.4. The van der Waals surface area contributed by atoms with Crippen LogP contribution in [0.5, 0.6) is 5.75 Å². The minimum atomic E-state index is -3.87. The summed E-state index contributed by atoms with van der Waals surface area (Å²) < 4.78 is 46.1. The largest absolute Gasteiger partial charge is 0.497 e. The van der Waals surface area contributed by atoms with E-state index >= 15 is 0 Å². The summed E-state index contributed by atoms with van der Waals surface area (Å²) in [5.41, 5.74) is 1.05. The number of aliphatic hydroxyl groups is 1. The Balaban J connectivity index is 1.47. The number of hydrogen-bond donors (Lipinski definition) is 1. The number of hydrogen-bond acceptors (Lipinski definition) is 7. The van der Waals surface area contributed by atoms with Gasteiger partial charge >= 0.3 is 0 Å². The van der Waals surface area contributed by atoms with E-state index in [2.05, 4.69) is 22.6 Å². The van der Waals surface area contributed by atoms with Gasteiger partial charge in [0.25, 0.3) is 5.91 Å². The second-order valence-corrected chi connectivity index (χ2v) is 13.5. The van der Waals surface area contributed by atoms with Gasteiger partial charge in [0, 0.05) is 42.1 Å². The van der Waals surface area contributed by atoms with Gasteiger partial charge in [0.15, 0.2) is 5.76 Å². The molecule has 0 aromatic heterocycles. The monoisotopic (exact) mass is 698 g/mol. The van der Waals surface area contributed by atoms with Crippen molar-refractivity contribution in [3.8, 4) is 5.75 Å². The second kappa shape index (κ2) is 14.8. The first-order valence-corrected chi connectivity index (χ1v) is 16.5. The standard InChI is InChI=1S/C30H39IN2O7S/c1-32(25-6-4-3-5-7-25)30(35)28-20-23(22-8-10-24(31)11-9-22)21-29(40-28)39-19-17-33(16-18-34)41(36,37)27-14-12-26(38-2)13-15-27/h8-15,20,23,25,29,34H,3-7,16-19,21H2,1-2H3/t23-,29+/m0/s1. The van der Waals surface area contributed by atoms with Crippen LogP contribution in [0.4, 0.5) is 0 Å². The fourth-order valence-corrected chi connectivity index (χ4v) is 7.08. The molecule has 0 saturated heterocycles. The SMILES string of the molecule is COc1ccc(S(=O)(=O)N(CCO)CCO[C@H]2C[C@@H](c3ccc(I)cc3)C=C(C(=O)N(C)C3CCCCC3)O2)cc1. The third-order valence-electron chi connectivity index (χ3n) is 7.70. The topological polar surface area (TPSA) is 106 Å². The molecule has 1 aliphatic heterocycles. The molecule has 0 radical (unpaired) electrons. The Kier molecular flexibility index (Phi) is 11.5. The maximum Gasteiger partial charge on any atom is 0.288 e. The van der Waals surface area contributed by atoms with Crippen molar-refractivity contribution in [2.45, 2.75) is 61.7 Å². The smallest absolute Gasteiger partial charge is 0.288 e. The molecule has 2 aromatic rings. The molecule has 4 rings (SSSR count). The number of ether oxygens (including phenoxy) is 3. The average molecular weight is 699 g/mol. The van der Waals surface area contributed by atoms with Gasteiger partial charge in [-0.2, -0.15) is 4.31 Å². The lowest BCUT2D eigenvalue weighted by molar-refractivity contribution is -0.153. The zero-order valence-corrected chi connectivity index (χ0v) is 26.6. The van der Waals surface area contributed by atoms with E-state index < -0.39 is 16.3 Å². The van der Waals surface area contributed by atoms with Crippen LogP contribution in [0.25, 0.3) is 0 Å². The van der Waals surface area contributed by atoms with Gasteiger partial charge < -0.3 is 24.2 Å². The van der Waals surface area contributed by atoms with Crippen molar-refractivity contribution in [1.82, 2.24) is 9.21 Å². The number of halogens is 1. The molecule has 2 aliphatic rings. The predicted octanol–water partition coefficient (Wildman–Crippen LogP) is 4.50. The molecule has 0 unspecified atom stereocenters. The number of amides is 1. The Labute approximate surface area is 256 Å². The van der Waals surface area contributed by atoms with E-state index in [1.807, 2.05) is 37.4 Å². The first kappa shape index (κ1) is 31.7. The van der Waals surface area contributed by atoms with Crippen LogP contribution < -0.4 is 4.74 Å². The summed E-state index contributed by atoms with van der Waals surface area (Å²) in [7, 11) is -0.524. The first-order chi connectivity index (χ1) is 19.7. The molecule has 1 amide bonds. The maximum absolute atomic E-state index is 13.5. The Morgan fingerprint density at radius 2 is 1.73 bits per heavy atom. The van der Waals surface area contributed by atoms with Crippen molar-refractivity contribution in [1.29, 1.82) is 0 Å². The molecule has 1 heterocycles. The molecule has 2 atom stereocenters. The molecule has 224 valence electrons. The van der Waals surface area contributed by atoms with Crippen molar-refractivity contribution in [3.05, 3.63) is 69.5 Å². The number of carbonyl (C=O) groups excluding carboxylic acids is 1. The van der Waals surface area contributed by atoms with Crippen LogP contribution in [-0.2, 0) is 24.3 Å². The highest BCUT2D eigenvalue weighted by atomic mass is 127. The Hall–Kier alpha value is -2.19. The molecule has 1 aliphatic carbocycles. The number of benzene rings is 2. The van der Waals surface area contributed by atoms with Crippen molar-refractivity contribution in [2.24, 2.45) is 0 Å². The van der Waals surface area contributed by atoms with E-state index in [-0.39, 0.29) is 54.8 Å². The lowest BCUT2D eigenvalue weighted by Gasteiger charge is -2.35. The minimum Gasteiger partial charge on any atom is -0.497 e. The van der Waals surface area contributed by atoms with Gasteiger partial charge in [-0.25, -0.2) is 8.42 Å². The second-order valence-electron chi connectivity index (χ2n) is 10.4. The van der Waals surface area contributed by atoms with E-state index in [9.17, 15) is 18.3 Å². The summed E-state index contributed by atoms with van der Waals surface area (Å²) in [6, 6.07) is 14.4. The van der Waals surface area contributed by atoms with Crippen LogP contribution in [0.15, 0.2) is 65.3 Å². The van der Waals surface area contributed by atoms with Crippen LogP contribution in [-0.4, -0.2) is 81.4 Å². The quantitative estimate of drug-likeness (QED) is 0.326. The molecule has 41 heavy (non-hydrogen) atoms. The number of nitrogens with zero attached hydrogens (tertiary/aromatic N) is 2. The first-order valence-electron chi connectivity index (χ1n) is 14.0. The highest BCUT2D eigenvalue weighted by Gasteiger charge is 2.33. The number of methoxy groups -OCH3 is 1. The Morgan fingerprint density at radius 1 is 1.05 bits per heavy atom. The predicted molar refractivity (Wildman–Crippen MR) is 164 cm³/mol. The molecule has 11 heteroatoms.